The number of para-hydroxylation sites is 1. The Morgan fingerprint density at radius 1 is 1.12 bits per heavy atom. The van der Waals surface area contributed by atoms with Gasteiger partial charge >= 0.3 is 0 Å². The highest BCUT2D eigenvalue weighted by molar-refractivity contribution is 7.99. The van der Waals surface area contributed by atoms with Gasteiger partial charge in [-0.2, -0.15) is 0 Å². The number of hydrogen-bond donors (Lipinski definition) is 1. The zero-order chi connectivity index (χ0) is 23.7. The minimum Gasteiger partial charge on any atom is -0.349 e. The lowest BCUT2D eigenvalue weighted by Gasteiger charge is -2.20. The third-order valence-electron chi connectivity index (χ3n) is 6.51. The van der Waals surface area contributed by atoms with E-state index < -0.39 is 0 Å². The topological polar surface area (TPSA) is 81.3 Å². The van der Waals surface area contributed by atoms with E-state index in [-0.39, 0.29) is 23.3 Å². The van der Waals surface area contributed by atoms with Gasteiger partial charge in [-0.05, 0) is 67.9 Å². The summed E-state index contributed by atoms with van der Waals surface area (Å²) in [4.78, 5) is 25.8. The second kappa shape index (κ2) is 9.62. The minimum atomic E-state index is -0.0643. The third kappa shape index (κ3) is 4.22. The molecule has 0 saturated carbocycles. The summed E-state index contributed by atoms with van der Waals surface area (Å²) < 4.78 is 3.55. The quantitative estimate of drug-likeness (QED) is 0.403. The van der Waals surface area contributed by atoms with Crippen LogP contribution in [0.4, 0.5) is 0 Å². The molecule has 34 heavy (non-hydrogen) atoms. The molecule has 1 atom stereocenters. The smallest absolute Gasteiger partial charge is 0.262 e. The molecule has 7 nitrogen and oxygen atoms in total. The zero-order valence-electron chi connectivity index (χ0n) is 19.6. The molecule has 0 spiro atoms. The van der Waals surface area contributed by atoms with Crippen LogP contribution in [0.25, 0.3) is 16.7 Å². The molecule has 1 unspecified atom stereocenters. The molecule has 0 fully saturated rings. The first-order valence-corrected chi connectivity index (χ1v) is 13.0. The van der Waals surface area contributed by atoms with Crippen molar-refractivity contribution in [2.45, 2.75) is 63.7 Å². The van der Waals surface area contributed by atoms with Crippen molar-refractivity contribution in [3.8, 4) is 0 Å². The van der Waals surface area contributed by atoms with Crippen LogP contribution in [0.3, 0.4) is 0 Å². The molecule has 0 bridgehead atoms. The average molecular weight is 476 g/mol. The summed E-state index contributed by atoms with van der Waals surface area (Å²) in [6.45, 7) is 4.61. The van der Waals surface area contributed by atoms with Gasteiger partial charge in [-0.1, -0.05) is 49.0 Å². The summed E-state index contributed by atoms with van der Waals surface area (Å²) in [5, 5.41) is 13.0. The van der Waals surface area contributed by atoms with E-state index in [0.717, 1.165) is 30.3 Å². The second-order valence-corrected chi connectivity index (χ2v) is 9.85. The monoisotopic (exact) mass is 475 g/mol. The largest absolute Gasteiger partial charge is 0.349 e. The van der Waals surface area contributed by atoms with Crippen LogP contribution in [0, 0.1) is 0 Å². The van der Waals surface area contributed by atoms with Gasteiger partial charge in [0.25, 0.3) is 5.56 Å². The van der Waals surface area contributed by atoms with Crippen LogP contribution in [0.2, 0.25) is 0 Å². The van der Waals surface area contributed by atoms with Gasteiger partial charge < -0.3 is 5.32 Å². The molecule has 1 amide bonds. The summed E-state index contributed by atoms with van der Waals surface area (Å²) in [6, 6.07) is 14.0. The number of aryl methyl sites for hydroxylation is 3. The van der Waals surface area contributed by atoms with Crippen LogP contribution in [-0.4, -0.2) is 30.8 Å². The number of nitrogens with one attached hydrogen (secondary N) is 1. The lowest BCUT2D eigenvalue weighted by molar-refractivity contribution is -0.119. The fraction of sp³-hybridized carbons (Fsp3) is 0.385. The standard InChI is InChI=1S/C26H29N5O2S/c1-3-14-30-24(33)21-10-6-7-11-22(21)31-25(30)28-29-26(31)34-16-23(32)27-17(2)19-13-12-18-8-4-5-9-20(18)15-19/h6-7,10-13,15,17H,3-5,8-9,14,16H2,1-2H3,(H,27,32). The molecule has 8 heteroatoms. The van der Waals surface area contributed by atoms with Crippen molar-refractivity contribution in [2.24, 2.45) is 0 Å². The number of aromatic nitrogens is 4. The average Bonchev–Trinajstić information content (AvgIpc) is 3.29. The number of carbonyl (C=O) groups excluding carboxylic acids is 1. The highest BCUT2D eigenvalue weighted by Crippen LogP contribution is 2.25. The molecular weight excluding hydrogens is 446 g/mol. The van der Waals surface area contributed by atoms with Gasteiger partial charge in [0, 0.05) is 6.54 Å². The van der Waals surface area contributed by atoms with Gasteiger partial charge in [-0.25, -0.2) is 0 Å². The van der Waals surface area contributed by atoms with Gasteiger partial charge in [0.2, 0.25) is 11.7 Å². The van der Waals surface area contributed by atoms with E-state index >= 15 is 0 Å². The van der Waals surface area contributed by atoms with Crippen molar-refractivity contribution in [1.82, 2.24) is 24.5 Å². The highest BCUT2D eigenvalue weighted by atomic mass is 32.2. The second-order valence-electron chi connectivity index (χ2n) is 8.91. The molecule has 5 rings (SSSR count). The summed E-state index contributed by atoms with van der Waals surface area (Å²) in [5.74, 6) is 0.672. The van der Waals surface area contributed by atoms with Crippen LogP contribution in [0.15, 0.2) is 52.4 Å². The fourth-order valence-corrected chi connectivity index (χ4v) is 5.52. The molecule has 0 radical (unpaired) electrons. The molecule has 176 valence electrons. The van der Waals surface area contributed by atoms with E-state index in [0.29, 0.717) is 22.9 Å². The van der Waals surface area contributed by atoms with Crippen LogP contribution >= 0.6 is 11.8 Å². The number of amides is 1. The Bertz CT molecular complexity index is 1420. The van der Waals surface area contributed by atoms with Gasteiger partial charge in [-0.15, -0.1) is 10.2 Å². The van der Waals surface area contributed by atoms with Crippen LogP contribution in [-0.2, 0) is 24.2 Å². The Hall–Kier alpha value is -3.13. The Morgan fingerprint density at radius 2 is 1.91 bits per heavy atom. The summed E-state index contributed by atoms with van der Waals surface area (Å²) >= 11 is 1.33. The van der Waals surface area contributed by atoms with E-state index in [4.69, 9.17) is 0 Å². The molecule has 1 N–H and O–H groups in total. The maximum absolute atomic E-state index is 13.0. The fourth-order valence-electron chi connectivity index (χ4n) is 4.77. The summed E-state index contributed by atoms with van der Waals surface area (Å²) in [6.07, 6.45) is 5.58. The van der Waals surface area contributed by atoms with Crippen LogP contribution in [0.5, 0.6) is 0 Å². The zero-order valence-corrected chi connectivity index (χ0v) is 20.4. The van der Waals surface area contributed by atoms with Gasteiger partial charge in [-0.3, -0.25) is 18.6 Å². The Balaban J connectivity index is 1.35. The maximum Gasteiger partial charge on any atom is 0.262 e. The van der Waals surface area contributed by atoms with E-state index in [2.05, 4.69) is 33.7 Å². The first kappa shape index (κ1) is 22.7. The summed E-state index contributed by atoms with van der Waals surface area (Å²) in [5.41, 5.74) is 4.69. The number of rotatable bonds is 7. The molecule has 2 aromatic heterocycles. The van der Waals surface area contributed by atoms with E-state index in [1.807, 2.05) is 42.5 Å². The lowest BCUT2D eigenvalue weighted by atomic mass is 9.89. The predicted octanol–water partition coefficient (Wildman–Crippen LogP) is 4.30. The number of carbonyl (C=O) groups is 1. The van der Waals surface area contributed by atoms with E-state index in [9.17, 15) is 9.59 Å². The Labute approximate surface area is 202 Å². The first-order valence-electron chi connectivity index (χ1n) is 12.0. The number of thioether (sulfide) groups is 1. The van der Waals surface area contributed by atoms with Crippen molar-refractivity contribution in [1.29, 1.82) is 0 Å². The minimum absolute atomic E-state index is 0.0573. The normalized spacial score (nSPS) is 14.3. The van der Waals surface area contributed by atoms with Crippen molar-refractivity contribution in [3.05, 3.63) is 69.5 Å². The number of nitrogens with zero attached hydrogens (tertiary/aromatic N) is 4. The number of fused-ring (bicyclic) bond motifs is 4. The molecule has 1 aliphatic carbocycles. The first-order chi connectivity index (χ1) is 16.6. The van der Waals surface area contributed by atoms with Crippen molar-refractivity contribution in [2.75, 3.05) is 5.75 Å². The molecule has 0 saturated heterocycles. The van der Waals surface area contributed by atoms with E-state index in [1.54, 1.807) is 4.57 Å². The van der Waals surface area contributed by atoms with Gasteiger partial charge in [0.1, 0.15) is 0 Å². The third-order valence-corrected chi connectivity index (χ3v) is 7.44. The molecule has 2 aromatic carbocycles. The number of hydrogen-bond acceptors (Lipinski definition) is 5. The van der Waals surface area contributed by atoms with Gasteiger partial charge in [0.05, 0.1) is 22.7 Å². The molecule has 0 aliphatic heterocycles. The van der Waals surface area contributed by atoms with Crippen molar-refractivity contribution in [3.63, 3.8) is 0 Å². The van der Waals surface area contributed by atoms with Gasteiger partial charge in [0.15, 0.2) is 5.16 Å². The number of benzene rings is 2. The van der Waals surface area contributed by atoms with E-state index in [1.165, 1.54) is 35.7 Å². The van der Waals surface area contributed by atoms with Crippen molar-refractivity contribution >= 4 is 34.3 Å². The molecule has 1 aliphatic rings. The SMILES string of the molecule is CCCn1c(=O)c2ccccc2n2c(SCC(=O)NC(C)c3ccc4c(c3)CCCC4)nnc12. The lowest BCUT2D eigenvalue weighted by Crippen LogP contribution is -2.28. The van der Waals surface area contributed by atoms with Crippen LogP contribution < -0.4 is 10.9 Å². The molecule has 2 heterocycles. The molecular formula is C26H29N5O2S. The summed E-state index contributed by atoms with van der Waals surface area (Å²) in [7, 11) is 0. The van der Waals surface area contributed by atoms with Crippen molar-refractivity contribution < 1.29 is 4.79 Å². The Morgan fingerprint density at radius 3 is 2.74 bits per heavy atom. The Kier molecular flexibility index (Phi) is 6.41. The maximum atomic E-state index is 13.0. The highest BCUT2D eigenvalue weighted by Gasteiger charge is 2.18. The predicted molar refractivity (Wildman–Crippen MR) is 135 cm³/mol. The molecule has 4 aromatic rings. The van der Waals surface area contributed by atoms with Crippen LogP contribution in [0.1, 0.15) is 55.8 Å².